The van der Waals surface area contributed by atoms with Crippen molar-refractivity contribution in [2.75, 3.05) is 18.4 Å². The van der Waals surface area contributed by atoms with Crippen LogP contribution >= 0.6 is 0 Å². The van der Waals surface area contributed by atoms with E-state index in [4.69, 9.17) is 4.52 Å². The highest BCUT2D eigenvalue weighted by atomic mass is 16.5. The number of rotatable bonds is 3. The molecule has 0 radical (unpaired) electrons. The summed E-state index contributed by atoms with van der Waals surface area (Å²) in [6.45, 7) is 5.12. The van der Waals surface area contributed by atoms with Crippen LogP contribution in [0.2, 0.25) is 0 Å². The van der Waals surface area contributed by atoms with Gasteiger partial charge in [-0.05, 0) is 26.7 Å². The molecule has 1 N–H and O–H groups in total. The Morgan fingerprint density at radius 2 is 2.05 bits per heavy atom. The Bertz CT molecular complexity index is 661. The average molecular weight is 301 g/mol. The predicted molar refractivity (Wildman–Crippen MR) is 80.6 cm³/mol. The van der Waals surface area contributed by atoms with Gasteiger partial charge in [0, 0.05) is 37.0 Å². The number of carbonyl (C=O) groups excluding carboxylic acids is 1. The van der Waals surface area contributed by atoms with Gasteiger partial charge in [0.1, 0.15) is 17.9 Å². The molecule has 1 fully saturated rings. The van der Waals surface area contributed by atoms with Crippen LogP contribution in [-0.2, 0) is 0 Å². The van der Waals surface area contributed by atoms with E-state index < -0.39 is 0 Å². The lowest BCUT2D eigenvalue weighted by Crippen LogP contribution is -2.42. The number of hydrogen-bond donors (Lipinski definition) is 1. The quantitative estimate of drug-likeness (QED) is 0.930. The third-order valence-corrected chi connectivity index (χ3v) is 3.79. The summed E-state index contributed by atoms with van der Waals surface area (Å²) in [4.78, 5) is 22.4. The highest BCUT2D eigenvalue weighted by Crippen LogP contribution is 2.17. The number of aryl methyl sites for hydroxylation is 2. The molecule has 1 aliphatic heterocycles. The third-order valence-electron chi connectivity index (χ3n) is 3.79. The molecule has 3 heterocycles. The summed E-state index contributed by atoms with van der Waals surface area (Å²) < 4.78 is 4.96. The normalized spacial score (nSPS) is 15.8. The number of piperidine rings is 1. The lowest BCUT2D eigenvalue weighted by molar-refractivity contribution is 0.0708. The molecule has 7 heteroatoms. The standard InChI is InChI=1S/C15H19N5O2/c1-10-7-14(17-9-16-10)18-12-3-5-20(6-4-12)15(21)13-8-11(2)22-19-13/h7-9,12H,3-6H2,1-2H3,(H,16,17,18). The maximum Gasteiger partial charge on any atom is 0.276 e. The maximum atomic E-state index is 12.3. The minimum atomic E-state index is -0.0619. The molecule has 0 bridgehead atoms. The molecule has 1 aliphatic rings. The second-order valence-corrected chi connectivity index (χ2v) is 5.58. The molecule has 0 atom stereocenters. The molecule has 116 valence electrons. The Morgan fingerprint density at radius 3 is 2.68 bits per heavy atom. The van der Waals surface area contributed by atoms with Gasteiger partial charge in [0.05, 0.1) is 0 Å². The van der Waals surface area contributed by atoms with Crippen molar-refractivity contribution in [2.24, 2.45) is 0 Å². The fraction of sp³-hybridized carbons (Fsp3) is 0.467. The van der Waals surface area contributed by atoms with Crippen molar-refractivity contribution in [3.05, 3.63) is 35.6 Å². The smallest absolute Gasteiger partial charge is 0.276 e. The van der Waals surface area contributed by atoms with Crippen LogP contribution in [0.4, 0.5) is 5.82 Å². The minimum absolute atomic E-state index is 0.0619. The van der Waals surface area contributed by atoms with Gasteiger partial charge in [0.2, 0.25) is 0 Å². The lowest BCUT2D eigenvalue weighted by Gasteiger charge is -2.32. The first-order chi connectivity index (χ1) is 10.6. The second-order valence-electron chi connectivity index (χ2n) is 5.58. The van der Waals surface area contributed by atoms with Crippen molar-refractivity contribution in [2.45, 2.75) is 32.7 Å². The summed E-state index contributed by atoms with van der Waals surface area (Å²) in [7, 11) is 0. The Balaban J connectivity index is 1.55. The van der Waals surface area contributed by atoms with Gasteiger partial charge >= 0.3 is 0 Å². The van der Waals surface area contributed by atoms with Gasteiger partial charge in [-0.2, -0.15) is 0 Å². The van der Waals surface area contributed by atoms with Crippen LogP contribution < -0.4 is 5.32 Å². The van der Waals surface area contributed by atoms with Gasteiger partial charge in [-0.25, -0.2) is 9.97 Å². The molecule has 1 saturated heterocycles. The Morgan fingerprint density at radius 1 is 1.27 bits per heavy atom. The first kappa shape index (κ1) is 14.5. The number of nitrogens with one attached hydrogen (secondary N) is 1. The van der Waals surface area contributed by atoms with Gasteiger partial charge in [-0.3, -0.25) is 4.79 Å². The average Bonchev–Trinajstić information content (AvgIpc) is 2.94. The van der Waals surface area contributed by atoms with Gasteiger partial charge < -0.3 is 14.7 Å². The van der Waals surface area contributed by atoms with Crippen LogP contribution in [0.5, 0.6) is 0 Å². The number of carbonyl (C=O) groups is 1. The summed E-state index contributed by atoms with van der Waals surface area (Å²) in [5.74, 6) is 1.43. The molecular weight excluding hydrogens is 282 g/mol. The topological polar surface area (TPSA) is 84.2 Å². The van der Waals surface area contributed by atoms with Crippen molar-refractivity contribution in [3.8, 4) is 0 Å². The van der Waals surface area contributed by atoms with Crippen LogP contribution in [0.15, 0.2) is 23.0 Å². The molecule has 0 unspecified atom stereocenters. The number of nitrogens with zero attached hydrogens (tertiary/aromatic N) is 4. The molecule has 22 heavy (non-hydrogen) atoms. The summed E-state index contributed by atoms with van der Waals surface area (Å²) in [5, 5.41) is 7.19. The second kappa shape index (κ2) is 6.13. The summed E-state index contributed by atoms with van der Waals surface area (Å²) in [6, 6.07) is 3.92. The first-order valence-corrected chi connectivity index (χ1v) is 7.39. The number of amides is 1. The molecule has 0 saturated carbocycles. The zero-order chi connectivity index (χ0) is 15.5. The van der Waals surface area contributed by atoms with Crippen LogP contribution in [0, 0.1) is 13.8 Å². The fourth-order valence-electron chi connectivity index (χ4n) is 2.60. The largest absolute Gasteiger partial charge is 0.367 e. The highest BCUT2D eigenvalue weighted by Gasteiger charge is 2.25. The van der Waals surface area contributed by atoms with Crippen LogP contribution in [0.25, 0.3) is 0 Å². The van der Waals surface area contributed by atoms with Gasteiger partial charge in [0.15, 0.2) is 5.69 Å². The Labute approximate surface area is 128 Å². The van der Waals surface area contributed by atoms with E-state index in [2.05, 4.69) is 20.4 Å². The van der Waals surface area contributed by atoms with E-state index in [1.54, 1.807) is 19.3 Å². The molecule has 1 amide bonds. The van der Waals surface area contributed by atoms with E-state index in [0.29, 0.717) is 30.6 Å². The summed E-state index contributed by atoms with van der Waals surface area (Å²) >= 11 is 0. The van der Waals surface area contributed by atoms with Crippen LogP contribution in [0.3, 0.4) is 0 Å². The minimum Gasteiger partial charge on any atom is -0.367 e. The van der Waals surface area contributed by atoms with E-state index in [9.17, 15) is 4.79 Å². The van der Waals surface area contributed by atoms with Crippen molar-refractivity contribution in [3.63, 3.8) is 0 Å². The zero-order valence-electron chi connectivity index (χ0n) is 12.7. The zero-order valence-corrected chi connectivity index (χ0v) is 12.7. The van der Waals surface area contributed by atoms with E-state index in [1.807, 2.05) is 17.9 Å². The molecule has 0 aromatic carbocycles. The fourth-order valence-corrected chi connectivity index (χ4v) is 2.60. The van der Waals surface area contributed by atoms with E-state index in [0.717, 1.165) is 24.4 Å². The monoisotopic (exact) mass is 301 g/mol. The number of hydrogen-bond acceptors (Lipinski definition) is 6. The summed E-state index contributed by atoms with van der Waals surface area (Å²) in [5.41, 5.74) is 1.32. The van der Waals surface area contributed by atoms with Gasteiger partial charge in [0.25, 0.3) is 5.91 Å². The van der Waals surface area contributed by atoms with Gasteiger partial charge in [-0.1, -0.05) is 5.16 Å². The molecule has 2 aromatic heterocycles. The third kappa shape index (κ3) is 3.24. The van der Waals surface area contributed by atoms with Crippen molar-refractivity contribution in [1.29, 1.82) is 0 Å². The molecule has 0 spiro atoms. The van der Waals surface area contributed by atoms with E-state index >= 15 is 0 Å². The Hall–Kier alpha value is -2.44. The Kier molecular flexibility index (Phi) is 4.04. The first-order valence-electron chi connectivity index (χ1n) is 7.39. The predicted octanol–water partition coefficient (Wildman–Crippen LogP) is 1.80. The SMILES string of the molecule is Cc1cc(NC2CCN(C(=O)c3cc(C)on3)CC2)ncn1. The van der Waals surface area contributed by atoms with Crippen molar-refractivity contribution >= 4 is 11.7 Å². The summed E-state index contributed by atoms with van der Waals surface area (Å²) in [6.07, 6.45) is 3.32. The number of anilines is 1. The van der Waals surface area contributed by atoms with E-state index in [-0.39, 0.29) is 5.91 Å². The van der Waals surface area contributed by atoms with Gasteiger partial charge in [-0.15, -0.1) is 0 Å². The van der Waals surface area contributed by atoms with E-state index in [1.165, 1.54) is 0 Å². The maximum absolute atomic E-state index is 12.3. The lowest BCUT2D eigenvalue weighted by atomic mass is 10.0. The molecule has 3 rings (SSSR count). The molecule has 0 aliphatic carbocycles. The number of aromatic nitrogens is 3. The molecular formula is C15H19N5O2. The van der Waals surface area contributed by atoms with Crippen LogP contribution in [-0.4, -0.2) is 45.1 Å². The molecule has 2 aromatic rings. The molecule has 7 nitrogen and oxygen atoms in total. The van der Waals surface area contributed by atoms with Crippen molar-refractivity contribution < 1.29 is 9.32 Å². The number of likely N-dealkylation sites (tertiary alicyclic amines) is 1. The van der Waals surface area contributed by atoms with Crippen molar-refractivity contribution in [1.82, 2.24) is 20.0 Å². The highest BCUT2D eigenvalue weighted by molar-refractivity contribution is 5.92. The van der Waals surface area contributed by atoms with Crippen LogP contribution in [0.1, 0.15) is 34.8 Å².